The van der Waals surface area contributed by atoms with Crippen LogP contribution in [0.5, 0.6) is 11.5 Å². The monoisotopic (exact) mass is 520 g/mol. The van der Waals surface area contributed by atoms with Crippen LogP contribution in [0.3, 0.4) is 0 Å². The second kappa shape index (κ2) is 11.4. The second-order valence-electron chi connectivity index (χ2n) is 8.31. The molecule has 0 unspecified atom stereocenters. The van der Waals surface area contributed by atoms with Crippen molar-refractivity contribution in [3.05, 3.63) is 57.6 Å². The number of carbonyl (C=O) groups is 1. The highest BCUT2D eigenvalue weighted by atomic mass is 32.2. The van der Waals surface area contributed by atoms with Crippen LogP contribution in [0.15, 0.2) is 46.4 Å². The van der Waals surface area contributed by atoms with Crippen LogP contribution in [0.25, 0.3) is 0 Å². The Bertz CT molecular complexity index is 1250. The van der Waals surface area contributed by atoms with E-state index in [1.807, 2.05) is 18.7 Å². The number of morpholine rings is 1. The van der Waals surface area contributed by atoms with Crippen LogP contribution in [0, 0.1) is 17.0 Å². The summed E-state index contributed by atoms with van der Waals surface area (Å²) in [5.41, 5.74) is 0.518. The number of sulfonamides is 1. The Labute approximate surface area is 209 Å². The van der Waals surface area contributed by atoms with Gasteiger partial charge in [-0.3, -0.25) is 14.9 Å². The Hall–Kier alpha value is -3.71. The third kappa shape index (κ3) is 6.70. The van der Waals surface area contributed by atoms with Crippen molar-refractivity contribution in [1.29, 1.82) is 0 Å². The number of rotatable bonds is 9. The first-order valence-corrected chi connectivity index (χ1v) is 12.5. The number of carbonyl (C=O) groups excluding carboxylic acids is 1. The quantitative estimate of drug-likeness (QED) is 0.300. The van der Waals surface area contributed by atoms with E-state index in [-0.39, 0.29) is 35.3 Å². The van der Waals surface area contributed by atoms with Crippen LogP contribution in [0.1, 0.15) is 25.0 Å². The van der Waals surface area contributed by atoms with Crippen LogP contribution in [-0.4, -0.2) is 69.4 Å². The van der Waals surface area contributed by atoms with Gasteiger partial charge in [0.2, 0.25) is 0 Å². The Morgan fingerprint density at radius 1 is 1.22 bits per heavy atom. The summed E-state index contributed by atoms with van der Waals surface area (Å²) in [5.74, 6) is 0.493. The van der Waals surface area contributed by atoms with E-state index in [4.69, 9.17) is 14.2 Å². The molecule has 0 radical (unpaired) electrons. The maximum absolute atomic E-state index is 12.5. The lowest BCUT2D eigenvalue weighted by atomic mass is 10.2. The van der Waals surface area contributed by atoms with Gasteiger partial charge in [0.05, 0.1) is 35.4 Å². The van der Waals surface area contributed by atoms with Gasteiger partial charge in [0.15, 0.2) is 18.1 Å². The molecule has 12 nitrogen and oxygen atoms in total. The van der Waals surface area contributed by atoms with Crippen molar-refractivity contribution in [3.8, 4) is 11.5 Å². The molecule has 0 saturated carbocycles. The fraction of sp³-hybridized carbons (Fsp3) is 0.391. The summed E-state index contributed by atoms with van der Waals surface area (Å²) < 4.78 is 41.6. The van der Waals surface area contributed by atoms with Gasteiger partial charge in [0, 0.05) is 24.7 Å². The van der Waals surface area contributed by atoms with Gasteiger partial charge in [-0.05, 0) is 50.6 Å². The van der Waals surface area contributed by atoms with Gasteiger partial charge in [-0.1, -0.05) is 6.07 Å². The Morgan fingerprint density at radius 3 is 2.56 bits per heavy atom. The minimum Gasteiger partial charge on any atom is -0.493 e. The average molecular weight is 521 g/mol. The van der Waals surface area contributed by atoms with Crippen molar-refractivity contribution < 1.29 is 32.3 Å². The zero-order valence-corrected chi connectivity index (χ0v) is 21.1. The van der Waals surface area contributed by atoms with E-state index in [2.05, 4.69) is 5.10 Å². The number of nitrogens with zero attached hydrogens (tertiary/aromatic N) is 3. The molecule has 1 amide bonds. The normalized spacial score (nSPS) is 18.2. The molecule has 194 valence electrons. The van der Waals surface area contributed by atoms with E-state index in [1.165, 1.54) is 32.4 Å². The van der Waals surface area contributed by atoms with Crippen molar-refractivity contribution in [2.75, 3.05) is 26.8 Å². The predicted octanol–water partition coefficient (Wildman–Crippen LogP) is 2.24. The molecule has 3 rings (SSSR count). The van der Waals surface area contributed by atoms with E-state index in [1.54, 1.807) is 23.1 Å². The lowest BCUT2D eigenvalue weighted by Crippen LogP contribution is -2.49. The van der Waals surface area contributed by atoms with Gasteiger partial charge in [-0.2, -0.15) is 13.5 Å². The zero-order chi connectivity index (χ0) is 26.5. The van der Waals surface area contributed by atoms with Crippen molar-refractivity contribution in [1.82, 2.24) is 9.73 Å². The van der Waals surface area contributed by atoms with Crippen molar-refractivity contribution in [2.24, 2.45) is 5.10 Å². The molecule has 0 aliphatic carbocycles. The maximum Gasteiger partial charge on any atom is 0.276 e. The summed E-state index contributed by atoms with van der Waals surface area (Å²) >= 11 is 0. The molecule has 0 aromatic heterocycles. The minimum atomic E-state index is -4.12. The van der Waals surface area contributed by atoms with Crippen LogP contribution in [0.4, 0.5) is 5.69 Å². The van der Waals surface area contributed by atoms with Crippen LogP contribution in [0.2, 0.25) is 0 Å². The summed E-state index contributed by atoms with van der Waals surface area (Å²) in [7, 11) is -2.69. The number of hydrogen-bond donors (Lipinski definition) is 1. The SMILES string of the molecule is COc1cc(/C=N\NS(=O)(=O)c2ccc(C)c([N+](=O)[O-])c2)ccc1OCC(=O)N1C[C@@H](C)O[C@H](C)C1. The summed E-state index contributed by atoms with van der Waals surface area (Å²) in [4.78, 5) is 26.4. The number of hydrogen-bond acceptors (Lipinski definition) is 9. The van der Waals surface area contributed by atoms with Gasteiger partial charge >= 0.3 is 0 Å². The highest BCUT2D eigenvalue weighted by molar-refractivity contribution is 7.89. The van der Waals surface area contributed by atoms with Crippen LogP contribution < -0.4 is 14.3 Å². The first-order chi connectivity index (χ1) is 17.0. The van der Waals surface area contributed by atoms with E-state index in [9.17, 15) is 23.3 Å². The Morgan fingerprint density at radius 2 is 1.92 bits per heavy atom. The minimum absolute atomic E-state index is 0.0515. The summed E-state index contributed by atoms with van der Waals surface area (Å²) in [6.45, 7) is 6.14. The standard InChI is InChI=1S/C23H28N4O8S/c1-15-5-7-19(10-20(15)27(29)30)36(31,32)25-24-11-18-6-8-21(22(9-18)33-4)34-14-23(28)26-12-16(2)35-17(3)13-26/h5-11,16-17,25H,12-14H2,1-4H3/b24-11-/t16-,17-/m1/s1. The highest BCUT2D eigenvalue weighted by Crippen LogP contribution is 2.28. The summed E-state index contributed by atoms with van der Waals surface area (Å²) in [6.07, 6.45) is 1.14. The molecule has 0 spiro atoms. The van der Waals surface area contributed by atoms with Gasteiger partial charge in [0.1, 0.15) is 0 Å². The lowest BCUT2D eigenvalue weighted by molar-refractivity contribution is -0.385. The third-order valence-corrected chi connectivity index (χ3v) is 6.61. The van der Waals surface area contributed by atoms with E-state index < -0.39 is 14.9 Å². The molecule has 13 heteroatoms. The molecule has 36 heavy (non-hydrogen) atoms. The first-order valence-electron chi connectivity index (χ1n) is 11.0. The number of nitro groups is 1. The summed E-state index contributed by atoms with van der Waals surface area (Å²) in [5, 5.41) is 14.8. The molecule has 2 atom stereocenters. The van der Waals surface area contributed by atoms with Gasteiger partial charge in [-0.15, -0.1) is 0 Å². The van der Waals surface area contributed by atoms with Crippen molar-refractivity contribution >= 4 is 27.8 Å². The molecule has 1 aliphatic heterocycles. The number of aryl methyl sites for hydroxylation is 1. The summed E-state index contributed by atoms with van der Waals surface area (Å²) in [6, 6.07) is 8.33. The zero-order valence-electron chi connectivity index (χ0n) is 20.3. The van der Waals surface area contributed by atoms with Crippen LogP contribution >= 0.6 is 0 Å². The molecular formula is C23H28N4O8S. The smallest absolute Gasteiger partial charge is 0.276 e. The number of benzene rings is 2. The Balaban J connectivity index is 1.64. The third-order valence-electron chi connectivity index (χ3n) is 5.39. The maximum atomic E-state index is 12.5. The predicted molar refractivity (Wildman–Crippen MR) is 131 cm³/mol. The number of nitro benzene ring substituents is 1. The number of nitrogens with one attached hydrogen (secondary N) is 1. The molecule has 2 aromatic rings. The molecule has 1 saturated heterocycles. The topological polar surface area (TPSA) is 150 Å². The lowest BCUT2D eigenvalue weighted by Gasteiger charge is -2.35. The van der Waals surface area contributed by atoms with Gasteiger partial charge in [-0.25, -0.2) is 4.83 Å². The van der Waals surface area contributed by atoms with Crippen molar-refractivity contribution in [3.63, 3.8) is 0 Å². The largest absolute Gasteiger partial charge is 0.493 e. The van der Waals surface area contributed by atoms with Gasteiger partial charge in [0.25, 0.3) is 21.6 Å². The molecule has 2 aromatic carbocycles. The molecule has 1 heterocycles. The molecule has 1 aliphatic rings. The van der Waals surface area contributed by atoms with Crippen LogP contribution in [-0.2, 0) is 19.6 Å². The number of ether oxygens (including phenoxy) is 3. The number of methoxy groups -OCH3 is 1. The Kier molecular flexibility index (Phi) is 8.48. The van der Waals surface area contributed by atoms with Gasteiger partial charge < -0.3 is 19.1 Å². The number of hydrazone groups is 1. The molecule has 1 N–H and O–H groups in total. The fourth-order valence-electron chi connectivity index (χ4n) is 3.67. The van der Waals surface area contributed by atoms with Crippen molar-refractivity contribution in [2.45, 2.75) is 37.9 Å². The molecule has 1 fully saturated rings. The molecular weight excluding hydrogens is 492 g/mol. The molecule has 0 bridgehead atoms. The van der Waals surface area contributed by atoms with E-state index >= 15 is 0 Å². The average Bonchev–Trinajstić information content (AvgIpc) is 2.82. The highest BCUT2D eigenvalue weighted by Gasteiger charge is 2.26. The number of amides is 1. The first kappa shape index (κ1) is 26.9. The second-order valence-corrected chi connectivity index (χ2v) is 9.97. The van der Waals surface area contributed by atoms with E-state index in [0.29, 0.717) is 35.7 Å². The fourth-order valence-corrected chi connectivity index (χ4v) is 4.48. The van der Waals surface area contributed by atoms with E-state index in [0.717, 1.165) is 6.07 Å².